The van der Waals surface area contributed by atoms with Gasteiger partial charge in [-0.1, -0.05) is 54.6 Å². The number of ether oxygens (including phenoxy) is 2. The SMILES string of the molecule is CC(C)(C)OC(=O)CCc1ccc(C[C@H](NC(=O)OCc2ccccc2)C(=O)O)cc1. The number of amides is 1. The highest BCUT2D eigenvalue weighted by Gasteiger charge is 2.21. The molecule has 0 heterocycles. The highest BCUT2D eigenvalue weighted by Crippen LogP contribution is 2.13. The third-order valence-corrected chi connectivity index (χ3v) is 4.30. The molecule has 0 fully saturated rings. The maximum Gasteiger partial charge on any atom is 0.408 e. The lowest BCUT2D eigenvalue weighted by Crippen LogP contribution is -2.42. The van der Waals surface area contributed by atoms with Gasteiger partial charge in [-0.2, -0.15) is 0 Å². The van der Waals surface area contributed by atoms with Gasteiger partial charge in [-0.25, -0.2) is 9.59 Å². The molecule has 0 aliphatic rings. The zero-order valence-electron chi connectivity index (χ0n) is 18.1. The standard InChI is InChI=1S/C24H29NO6/c1-24(2,3)31-21(26)14-13-17-9-11-18(12-10-17)15-20(22(27)28)25-23(29)30-16-19-7-5-4-6-8-19/h4-12,20H,13-16H2,1-3H3,(H,25,29)(H,27,28)/t20-/m0/s1. The molecule has 0 aliphatic carbocycles. The van der Waals surface area contributed by atoms with Crippen LogP contribution in [0.1, 0.15) is 43.9 Å². The Morgan fingerprint density at radius 1 is 0.935 bits per heavy atom. The van der Waals surface area contributed by atoms with Crippen molar-refractivity contribution in [1.29, 1.82) is 0 Å². The minimum Gasteiger partial charge on any atom is -0.480 e. The van der Waals surface area contributed by atoms with E-state index in [2.05, 4.69) is 5.32 Å². The van der Waals surface area contributed by atoms with E-state index >= 15 is 0 Å². The summed E-state index contributed by atoms with van der Waals surface area (Å²) in [6, 6.07) is 15.3. The van der Waals surface area contributed by atoms with Gasteiger partial charge in [0.15, 0.2) is 0 Å². The van der Waals surface area contributed by atoms with E-state index in [1.165, 1.54) is 0 Å². The van der Waals surface area contributed by atoms with Crippen LogP contribution in [-0.2, 0) is 38.5 Å². The lowest BCUT2D eigenvalue weighted by atomic mass is 10.0. The van der Waals surface area contributed by atoms with Crippen LogP contribution in [0.4, 0.5) is 4.79 Å². The lowest BCUT2D eigenvalue weighted by Gasteiger charge is -2.19. The molecule has 0 saturated carbocycles. The number of hydrogen-bond donors (Lipinski definition) is 2. The second-order valence-corrected chi connectivity index (χ2v) is 8.20. The fourth-order valence-electron chi connectivity index (χ4n) is 2.82. The Morgan fingerprint density at radius 2 is 1.55 bits per heavy atom. The Hall–Kier alpha value is -3.35. The maximum atomic E-state index is 12.0. The summed E-state index contributed by atoms with van der Waals surface area (Å²) in [6.07, 6.45) is 0.123. The fraction of sp³-hybridized carbons (Fsp3) is 0.375. The average Bonchev–Trinajstić information content (AvgIpc) is 2.70. The summed E-state index contributed by atoms with van der Waals surface area (Å²) < 4.78 is 10.4. The first-order valence-electron chi connectivity index (χ1n) is 10.1. The number of carbonyl (C=O) groups is 3. The normalized spacial score (nSPS) is 12.0. The molecule has 0 aliphatic heterocycles. The topological polar surface area (TPSA) is 102 Å². The first-order chi connectivity index (χ1) is 14.6. The molecule has 2 aromatic carbocycles. The van der Waals surface area contributed by atoms with Crippen molar-refractivity contribution in [2.24, 2.45) is 0 Å². The molecule has 1 atom stereocenters. The fourth-order valence-corrected chi connectivity index (χ4v) is 2.82. The second kappa shape index (κ2) is 11.2. The maximum absolute atomic E-state index is 12.0. The number of aryl methyl sites for hydroxylation is 1. The van der Waals surface area contributed by atoms with E-state index in [1.54, 1.807) is 12.1 Å². The first kappa shape index (κ1) is 23.9. The molecule has 0 unspecified atom stereocenters. The van der Waals surface area contributed by atoms with Crippen molar-refractivity contribution in [3.63, 3.8) is 0 Å². The molecule has 2 aromatic rings. The van der Waals surface area contributed by atoms with Gasteiger partial charge in [-0.3, -0.25) is 4.79 Å². The van der Waals surface area contributed by atoms with Gasteiger partial charge in [0.05, 0.1) is 0 Å². The lowest BCUT2D eigenvalue weighted by molar-refractivity contribution is -0.154. The van der Waals surface area contributed by atoms with Gasteiger partial charge in [0, 0.05) is 12.8 Å². The molecule has 2 N–H and O–H groups in total. The molecule has 31 heavy (non-hydrogen) atoms. The highest BCUT2D eigenvalue weighted by molar-refractivity contribution is 5.80. The summed E-state index contributed by atoms with van der Waals surface area (Å²) in [5.74, 6) is -1.41. The van der Waals surface area contributed by atoms with Crippen LogP contribution >= 0.6 is 0 Å². The number of carboxylic acids is 1. The predicted octanol–water partition coefficient (Wildman–Crippen LogP) is 3.88. The zero-order valence-corrected chi connectivity index (χ0v) is 18.1. The van der Waals surface area contributed by atoms with E-state index < -0.39 is 23.7 Å². The molecule has 166 valence electrons. The Balaban J connectivity index is 1.84. The third-order valence-electron chi connectivity index (χ3n) is 4.30. The van der Waals surface area contributed by atoms with Gasteiger partial charge >= 0.3 is 18.0 Å². The molecular weight excluding hydrogens is 398 g/mol. The molecular formula is C24H29NO6. The van der Waals surface area contributed by atoms with E-state index in [4.69, 9.17) is 9.47 Å². The van der Waals surface area contributed by atoms with E-state index in [0.717, 1.165) is 16.7 Å². The van der Waals surface area contributed by atoms with Crippen molar-refractivity contribution in [2.45, 2.75) is 58.3 Å². The molecule has 0 spiro atoms. The minimum absolute atomic E-state index is 0.0609. The van der Waals surface area contributed by atoms with Crippen molar-refractivity contribution in [3.05, 3.63) is 71.3 Å². The van der Waals surface area contributed by atoms with Gasteiger partial charge in [-0.15, -0.1) is 0 Å². The summed E-state index contributed by atoms with van der Waals surface area (Å²) >= 11 is 0. The van der Waals surface area contributed by atoms with Crippen LogP contribution in [0, 0.1) is 0 Å². The summed E-state index contributed by atoms with van der Waals surface area (Å²) in [7, 11) is 0. The molecule has 2 rings (SSSR count). The first-order valence-corrected chi connectivity index (χ1v) is 10.1. The Kier molecular flexibility index (Phi) is 8.61. The second-order valence-electron chi connectivity index (χ2n) is 8.20. The zero-order chi connectivity index (χ0) is 22.9. The molecule has 7 nitrogen and oxygen atoms in total. The minimum atomic E-state index is -1.15. The largest absolute Gasteiger partial charge is 0.480 e. The number of aliphatic carboxylic acids is 1. The molecule has 0 radical (unpaired) electrons. The molecule has 0 bridgehead atoms. The van der Waals surface area contributed by atoms with Crippen LogP contribution in [0.25, 0.3) is 0 Å². The quantitative estimate of drug-likeness (QED) is 0.589. The predicted molar refractivity (Wildman–Crippen MR) is 115 cm³/mol. The summed E-state index contributed by atoms with van der Waals surface area (Å²) in [4.78, 5) is 35.4. The van der Waals surface area contributed by atoms with Gasteiger partial charge in [0.1, 0.15) is 18.2 Å². The van der Waals surface area contributed by atoms with Crippen LogP contribution in [0.5, 0.6) is 0 Å². The van der Waals surface area contributed by atoms with Crippen LogP contribution in [0.3, 0.4) is 0 Å². The molecule has 0 saturated heterocycles. The number of carboxylic acid groups (broad SMARTS) is 1. The smallest absolute Gasteiger partial charge is 0.408 e. The van der Waals surface area contributed by atoms with Crippen molar-refractivity contribution in [2.75, 3.05) is 0 Å². The number of carbonyl (C=O) groups excluding carboxylic acids is 2. The van der Waals surface area contributed by atoms with Crippen molar-refractivity contribution < 1.29 is 29.0 Å². The van der Waals surface area contributed by atoms with Gasteiger partial charge in [0.25, 0.3) is 0 Å². The van der Waals surface area contributed by atoms with Crippen LogP contribution < -0.4 is 5.32 Å². The Labute approximate surface area is 182 Å². The summed E-state index contributed by atoms with van der Waals surface area (Å²) in [5, 5.41) is 11.8. The number of rotatable bonds is 9. The van der Waals surface area contributed by atoms with E-state index in [9.17, 15) is 19.5 Å². The van der Waals surface area contributed by atoms with Crippen molar-refractivity contribution >= 4 is 18.0 Å². The number of hydrogen-bond acceptors (Lipinski definition) is 5. The molecule has 7 heteroatoms. The number of benzene rings is 2. The molecule has 1 amide bonds. The average molecular weight is 427 g/mol. The van der Waals surface area contributed by atoms with Crippen molar-refractivity contribution in [3.8, 4) is 0 Å². The van der Waals surface area contributed by atoms with Gasteiger partial charge in [0.2, 0.25) is 0 Å². The van der Waals surface area contributed by atoms with Crippen LogP contribution in [0.2, 0.25) is 0 Å². The third kappa shape index (κ3) is 9.33. The Morgan fingerprint density at radius 3 is 2.13 bits per heavy atom. The monoisotopic (exact) mass is 427 g/mol. The number of alkyl carbamates (subject to hydrolysis) is 1. The van der Waals surface area contributed by atoms with Gasteiger partial charge in [-0.05, 0) is 43.9 Å². The van der Waals surface area contributed by atoms with Gasteiger partial charge < -0.3 is 19.9 Å². The number of nitrogens with one attached hydrogen (secondary N) is 1. The van der Waals surface area contributed by atoms with E-state index in [0.29, 0.717) is 6.42 Å². The molecule has 0 aromatic heterocycles. The van der Waals surface area contributed by atoms with Crippen LogP contribution in [0.15, 0.2) is 54.6 Å². The van der Waals surface area contributed by atoms with E-state index in [1.807, 2.05) is 63.2 Å². The summed E-state index contributed by atoms with van der Waals surface area (Å²) in [5.41, 5.74) is 1.99. The van der Waals surface area contributed by atoms with E-state index in [-0.39, 0.29) is 25.4 Å². The summed E-state index contributed by atoms with van der Waals surface area (Å²) in [6.45, 7) is 5.53. The van der Waals surface area contributed by atoms with Crippen molar-refractivity contribution in [1.82, 2.24) is 5.32 Å². The number of esters is 1. The highest BCUT2D eigenvalue weighted by atomic mass is 16.6. The Bertz CT molecular complexity index is 871. The van der Waals surface area contributed by atoms with Crippen LogP contribution in [-0.4, -0.2) is 34.8 Å².